The van der Waals surface area contributed by atoms with Crippen molar-refractivity contribution in [1.82, 2.24) is 20.2 Å². The first-order valence-corrected chi connectivity index (χ1v) is 8.70. The van der Waals surface area contributed by atoms with E-state index in [2.05, 4.69) is 33.5 Å². The van der Waals surface area contributed by atoms with Crippen molar-refractivity contribution >= 4 is 85.7 Å². The molecule has 0 aliphatic heterocycles. The number of amides is 1. The number of thiol groups is 1. The average molecular weight is 418 g/mol. The zero-order chi connectivity index (χ0) is 18.0. The van der Waals surface area contributed by atoms with Crippen molar-refractivity contribution in [1.29, 1.82) is 0 Å². The van der Waals surface area contributed by atoms with Crippen molar-refractivity contribution < 1.29 is 17.8 Å². The second-order valence-electron chi connectivity index (χ2n) is 4.87. The average Bonchev–Trinajstić information content (AvgIpc) is 3.00. The van der Waals surface area contributed by atoms with Gasteiger partial charge in [0, 0.05) is 5.69 Å². The third kappa shape index (κ3) is 4.78. The first-order chi connectivity index (χ1) is 11.9. The zero-order valence-corrected chi connectivity index (χ0v) is 14.1. The van der Waals surface area contributed by atoms with E-state index in [1.54, 1.807) is 24.3 Å². The van der Waals surface area contributed by atoms with Crippen molar-refractivity contribution in [3.8, 4) is 5.69 Å². The molecule has 0 atom stereocenters. The molecule has 0 aliphatic rings. The molecule has 12 heteroatoms. The fourth-order valence-corrected chi connectivity index (χ4v) is 3.03. The zero-order valence-electron chi connectivity index (χ0n) is 12.4. The van der Waals surface area contributed by atoms with Crippen molar-refractivity contribution in [3.05, 3.63) is 54.1 Å². The number of nitrogens with zero attached hydrogens (tertiary/aromatic N) is 4. The molecular formula is C14H12KN5O4S2. The van der Waals surface area contributed by atoms with Crippen LogP contribution in [0.4, 0.5) is 5.69 Å². The molecule has 26 heavy (non-hydrogen) atoms. The summed E-state index contributed by atoms with van der Waals surface area (Å²) in [5, 5.41) is 13.7. The van der Waals surface area contributed by atoms with Crippen LogP contribution in [0.1, 0.15) is 10.4 Å². The van der Waals surface area contributed by atoms with E-state index in [1.165, 1.54) is 22.9 Å². The van der Waals surface area contributed by atoms with Crippen LogP contribution in [0, 0.1) is 0 Å². The van der Waals surface area contributed by atoms with Gasteiger partial charge < -0.3 is 5.32 Å². The molecule has 0 bridgehead atoms. The van der Waals surface area contributed by atoms with Gasteiger partial charge in [-0.2, -0.15) is 13.1 Å². The SMILES string of the molecule is O=C(Nc1cccc(-n2nnnc2S)c1)c1ccccc1S(=O)(=O)O.[KH]. The Kier molecular flexibility index (Phi) is 7.09. The molecule has 3 aromatic rings. The van der Waals surface area contributed by atoms with Gasteiger partial charge in [-0.05, 0) is 40.8 Å². The van der Waals surface area contributed by atoms with Crippen LogP contribution in [0.3, 0.4) is 0 Å². The van der Waals surface area contributed by atoms with Crippen LogP contribution in [0.25, 0.3) is 5.69 Å². The molecule has 0 saturated heterocycles. The number of aromatic nitrogens is 4. The Labute approximate surface area is 196 Å². The maximum absolute atomic E-state index is 12.4. The Morgan fingerprint density at radius 2 is 1.88 bits per heavy atom. The van der Waals surface area contributed by atoms with Crippen LogP contribution in [-0.4, -0.2) is 90.5 Å². The molecule has 0 aliphatic carbocycles. The number of anilines is 1. The Morgan fingerprint density at radius 3 is 2.54 bits per heavy atom. The number of rotatable bonds is 4. The molecule has 130 valence electrons. The van der Waals surface area contributed by atoms with E-state index in [9.17, 15) is 17.8 Å². The molecular weight excluding hydrogens is 405 g/mol. The van der Waals surface area contributed by atoms with Gasteiger partial charge in [0.05, 0.1) is 11.3 Å². The molecule has 1 amide bonds. The second-order valence-corrected chi connectivity index (χ2v) is 6.66. The van der Waals surface area contributed by atoms with Gasteiger partial charge in [0.2, 0.25) is 5.16 Å². The molecule has 0 radical (unpaired) electrons. The number of benzene rings is 2. The van der Waals surface area contributed by atoms with Crippen molar-refractivity contribution in [2.24, 2.45) is 0 Å². The summed E-state index contributed by atoms with van der Waals surface area (Å²) in [4.78, 5) is 11.9. The summed E-state index contributed by atoms with van der Waals surface area (Å²) in [5.74, 6) is -0.687. The predicted molar refractivity (Wildman–Crippen MR) is 97.8 cm³/mol. The second kappa shape index (κ2) is 8.71. The fraction of sp³-hybridized carbons (Fsp3) is 0. The van der Waals surface area contributed by atoms with Crippen molar-refractivity contribution in [3.63, 3.8) is 0 Å². The summed E-state index contributed by atoms with van der Waals surface area (Å²) in [6, 6.07) is 11.9. The Bertz CT molecular complexity index is 1050. The van der Waals surface area contributed by atoms with E-state index in [4.69, 9.17) is 0 Å². The molecule has 1 aromatic heterocycles. The topological polar surface area (TPSA) is 127 Å². The number of hydrogen-bond acceptors (Lipinski definition) is 7. The van der Waals surface area contributed by atoms with Crippen LogP contribution in [-0.2, 0) is 10.1 Å². The van der Waals surface area contributed by atoms with Crippen LogP contribution < -0.4 is 5.32 Å². The minimum absolute atomic E-state index is 0. The van der Waals surface area contributed by atoms with Gasteiger partial charge in [-0.25, -0.2) is 0 Å². The summed E-state index contributed by atoms with van der Waals surface area (Å²) in [6.45, 7) is 0. The van der Waals surface area contributed by atoms with Crippen LogP contribution in [0.2, 0.25) is 0 Å². The number of carbonyl (C=O) groups excluding carboxylic acids is 1. The Hall–Kier alpha value is -1.12. The molecule has 1 heterocycles. The molecule has 0 saturated carbocycles. The summed E-state index contributed by atoms with van der Waals surface area (Å²) < 4.78 is 33.4. The van der Waals surface area contributed by atoms with Crippen LogP contribution >= 0.6 is 12.6 Å². The maximum atomic E-state index is 12.4. The van der Waals surface area contributed by atoms with Crippen LogP contribution in [0.5, 0.6) is 0 Å². The van der Waals surface area contributed by atoms with E-state index >= 15 is 0 Å². The summed E-state index contributed by atoms with van der Waals surface area (Å²) in [6.07, 6.45) is 0. The molecule has 0 fully saturated rings. The number of nitrogens with one attached hydrogen (secondary N) is 1. The monoisotopic (exact) mass is 417 g/mol. The third-order valence-electron chi connectivity index (χ3n) is 3.21. The first kappa shape index (κ1) is 21.2. The van der Waals surface area contributed by atoms with Gasteiger partial charge in [0.25, 0.3) is 16.0 Å². The van der Waals surface area contributed by atoms with Gasteiger partial charge >= 0.3 is 51.4 Å². The Morgan fingerprint density at radius 1 is 1.15 bits per heavy atom. The van der Waals surface area contributed by atoms with Crippen molar-refractivity contribution in [2.75, 3.05) is 5.32 Å². The minimum atomic E-state index is -4.52. The van der Waals surface area contributed by atoms with Crippen molar-refractivity contribution in [2.45, 2.75) is 10.1 Å². The standard InChI is InChI=1S/C14H11N5O4S2.K.H/c20-13(11-6-1-2-7-12(11)25(21,22)23)15-9-4-3-5-10(8-9)19-14(24)16-17-18-19;;/h1-8H,(H,15,20)(H,16,18,24)(H,21,22,23);;. The van der Waals surface area contributed by atoms with Gasteiger partial charge in [-0.15, -0.1) is 17.7 Å². The molecule has 0 unspecified atom stereocenters. The fourth-order valence-electron chi connectivity index (χ4n) is 2.14. The normalized spacial score (nSPS) is 10.8. The molecule has 0 spiro atoms. The van der Waals surface area contributed by atoms with E-state index in [0.29, 0.717) is 11.4 Å². The van der Waals surface area contributed by atoms with E-state index in [-0.39, 0.29) is 62.1 Å². The number of hydrogen-bond donors (Lipinski definition) is 3. The van der Waals surface area contributed by atoms with Gasteiger partial charge in [0.1, 0.15) is 4.90 Å². The Balaban J connectivity index is 0.00000243. The molecule has 2 N–H and O–H groups in total. The van der Waals surface area contributed by atoms with Gasteiger partial charge in [-0.1, -0.05) is 18.2 Å². The predicted octanol–water partition coefficient (Wildman–Crippen LogP) is 0.801. The summed E-state index contributed by atoms with van der Waals surface area (Å²) >= 11 is 4.11. The molecule has 2 aromatic carbocycles. The van der Waals surface area contributed by atoms with E-state index in [0.717, 1.165) is 6.07 Å². The van der Waals surface area contributed by atoms with E-state index in [1.807, 2.05) is 0 Å². The molecule has 9 nitrogen and oxygen atoms in total. The summed E-state index contributed by atoms with van der Waals surface area (Å²) in [7, 11) is -4.52. The van der Waals surface area contributed by atoms with Crippen LogP contribution in [0.15, 0.2) is 58.6 Å². The number of carbonyl (C=O) groups is 1. The number of tetrazole rings is 1. The van der Waals surface area contributed by atoms with E-state index < -0.39 is 20.9 Å². The third-order valence-corrected chi connectivity index (χ3v) is 4.40. The van der Waals surface area contributed by atoms with Gasteiger partial charge in [-0.3, -0.25) is 9.35 Å². The first-order valence-electron chi connectivity index (χ1n) is 6.82. The molecule has 3 rings (SSSR count). The quantitative estimate of drug-likeness (QED) is 0.325. The summed E-state index contributed by atoms with van der Waals surface area (Å²) in [5.41, 5.74) is 0.763. The van der Waals surface area contributed by atoms with Gasteiger partial charge in [0.15, 0.2) is 0 Å².